The Kier molecular flexibility index (Phi) is 5.72. The zero-order chi connectivity index (χ0) is 21.3. The van der Waals surface area contributed by atoms with Gasteiger partial charge >= 0.3 is 0 Å². The van der Waals surface area contributed by atoms with Crippen LogP contribution in [-0.4, -0.2) is 44.1 Å². The first kappa shape index (κ1) is 20.3. The van der Waals surface area contributed by atoms with Crippen molar-refractivity contribution in [3.63, 3.8) is 0 Å². The molecule has 0 spiro atoms. The zero-order valence-electron chi connectivity index (χ0n) is 17.0. The van der Waals surface area contributed by atoms with Crippen LogP contribution in [0.4, 0.5) is 5.82 Å². The summed E-state index contributed by atoms with van der Waals surface area (Å²) in [5, 5.41) is 8.68. The third kappa shape index (κ3) is 4.03. The monoisotopic (exact) mass is 425 g/mol. The number of para-hydroxylation sites is 1. The lowest BCUT2D eigenvalue weighted by molar-refractivity contribution is -0.143. The zero-order valence-corrected chi connectivity index (χ0v) is 17.8. The molecule has 156 valence electrons. The van der Waals surface area contributed by atoms with Gasteiger partial charge in [-0.2, -0.15) is 5.10 Å². The van der Waals surface area contributed by atoms with Gasteiger partial charge < -0.3 is 10.2 Å². The first-order valence-corrected chi connectivity index (χ1v) is 10.5. The number of halogens is 1. The van der Waals surface area contributed by atoms with Gasteiger partial charge in [-0.05, 0) is 43.9 Å². The summed E-state index contributed by atoms with van der Waals surface area (Å²) in [7, 11) is 0. The number of pyridine rings is 1. The number of piperidine rings is 1. The van der Waals surface area contributed by atoms with Crippen LogP contribution in [0.15, 0.2) is 42.5 Å². The molecule has 1 aromatic carbocycles. The number of hydrogen-bond acceptors (Lipinski definition) is 4. The first-order chi connectivity index (χ1) is 14.4. The van der Waals surface area contributed by atoms with E-state index in [1.165, 1.54) is 0 Å². The van der Waals surface area contributed by atoms with E-state index in [0.29, 0.717) is 17.5 Å². The van der Waals surface area contributed by atoms with Crippen molar-refractivity contribution in [1.82, 2.24) is 19.7 Å². The van der Waals surface area contributed by atoms with Gasteiger partial charge in [-0.1, -0.05) is 42.8 Å². The summed E-state index contributed by atoms with van der Waals surface area (Å²) in [5.41, 5.74) is 1.80. The Morgan fingerprint density at radius 1 is 1.20 bits per heavy atom. The van der Waals surface area contributed by atoms with Crippen LogP contribution >= 0.6 is 11.6 Å². The van der Waals surface area contributed by atoms with Gasteiger partial charge in [-0.3, -0.25) is 14.3 Å². The molecule has 1 saturated heterocycles. The molecular formula is C22H24ClN5O2. The number of carbonyl (C=O) groups is 2. The summed E-state index contributed by atoms with van der Waals surface area (Å²) in [6.07, 6.45) is 1.75. The van der Waals surface area contributed by atoms with Crippen molar-refractivity contribution >= 4 is 40.1 Å². The summed E-state index contributed by atoms with van der Waals surface area (Å²) < 4.78 is 1.72. The van der Waals surface area contributed by atoms with Gasteiger partial charge in [0.1, 0.15) is 23.6 Å². The van der Waals surface area contributed by atoms with Gasteiger partial charge in [0.05, 0.1) is 11.2 Å². The average molecular weight is 426 g/mol. The number of carbonyl (C=O) groups excluding carboxylic acids is 2. The lowest BCUT2D eigenvalue weighted by Gasteiger charge is -2.38. The molecule has 3 heterocycles. The number of benzene rings is 1. The Balaban J connectivity index is 1.55. The minimum absolute atomic E-state index is 0.0398. The molecule has 30 heavy (non-hydrogen) atoms. The van der Waals surface area contributed by atoms with E-state index >= 15 is 0 Å². The summed E-state index contributed by atoms with van der Waals surface area (Å²) in [6.45, 7) is 4.58. The topological polar surface area (TPSA) is 80.1 Å². The third-order valence-corrected chi connectivity index (χ3v) is 5.83. The molecule has 1 aliphatic heterocycles. The molecule has 8 heteroatoms. The van der Waals surface area contributed by atoms with Crippen LogP contribution in [0, 0.1) is 12.8 Å². The van der Waals surface area contributed by atoms with E-state index < -0.39 is 6.04 Å². The highest BCUT2D eigenvalue weighted by molar-refractivity contribution is 6.29. The van der Waals surface area contributed by atoms with Gasteiger partial charge in [0, 0.05) is 11.9 Å². The van der Waals surface area contributed by atoms with Crippen LogP contribution in [0.5, 0.6) is 0 Å². The number of fused-ring (bicyclic) bond motifs is 1. The van der Waals surface area contributed by atoms with Crippen LogP contribution in [-0.2, 0) is 16.1 Å². The number of hydrogen-bond donors (Lipinski definition) is 1. The molecule has 0 unspecified atom stereocenters. The smallest absolute Gasteiger partial charge is 0.248 e. The molecule has 1 aliphatic rings. The van der Waals surface area contributed by atoms with Crippen molar-refractivity contribution in [3.8, 4) is 0 Å². The van der Waals surface area contributed by atoms with Crippen molar-refractivity contribution in [3.05, 3.63) is 53.3 Å². The van der Waals surface area contributed by atoms with E-state index in [0.717, 1.165) is 29.4 Å². The lowest BCUT2D eigenvalue weighted by Crippen LogP contribution is -2.54. The summed E-state index contributed by atoms with van der Waals surface area (Å²) in [5.74, 6) is 0.0604. The number of rotatable bonds is 4. The van der Waals surface area contributed by atoms with Gasteiger partial charge in [0.15, 0.2) is 0 Å². The molecule has 7 nitrogen and oxygen atoms in total. The fourth-order valence-corrected chi connectivity index (χ4v) is 4.34. The van der Waals surface area contributed by atoms with E-state index in [4.69, 9.17) is 11.6 Å². The number of likely N-dealkylation sites (tertiary alicyclic amines) is 1. The normalized spacial score (nSPS) is 19.1. The largest absolute Gasteiger partial charge is 0.329 e. The molecular weight excluding hydrogens is 402 g/mol. The average Bonchev–Trinajstić information content (AvgIpc) is 3.03. The van der Waals surface area contributed by atoms with Crippen LogP contribution in [0.25, 0.3) is 10.9 Å². The molecule has 1 fully saturated rings. The number of anilines is 1. The quantitative estimate of drug-likeness (QED) is 0.647. The molecule has 1 N–H and O–H groups in total. The Hall–Kier alpha value is -2.93. The summed E-state index contributed by atoms with van der Waals surface area (Å²) >= 11 is 5.93. The standard InChI is InChI=1S/C22H24ClN5O2/c1-14-7-6-12-27(21(14)22(30)25-19-11-5-10-18(23)24-19)20(29)13-28-17-9-4-3-8-16(17)15(2)26-28/h3-5,8-11,14,21H,6-7,12-13H2,1-2H3,(H,24,25,30)/t14-,21+/m0/s1. The maximum atomic E-state index is 13.2. The fourth-order valence-electron chi connectivity index (χ4n) is 4.18. The van der Waals surface area contributed by atoms with Crippen molar-refractivity contribution in [1.29, 1.82) is 0 Å². The Morgan fingerprint density at radius 2 is 2.00 bits per heavy atom. The molecule has 0 saturated carbocycles. The number of nitrogens with zero attached hydrogens (tertiary/aromatic N) is 4. The van der Waals surface area contributed by atoms with Crippen LogP contribution < -0.4 is 5.32 Å². The van der Waals surface area contributed by atoms with Gasteiger partial charge in [0.25, 0.3) is 0 Å². The van der Waals surface area contributed by atoms with E-state index in [1.54, 1.807) is 27.8 Å². The van der Waals surface area contributed by atoms with Crippen LogP contribution in [0.1, 0.15) is 25.5 Å². The maximum absolute atomic E-state index is 13.2. The summed E-state index contributed by atoms with van der Waals surface area (Å²) in [4.78, 5) is 32.1. The number of amides is 2. The van der Waals surface area contributed by atoms with Crippen LogP contribution in [0.3, 0.4) is 0 Å². The SMILES string of the molecule is Cc1nn(CC(=O)N2CCC[C@H](C)[C@@H]2C(=O)Nc2cccc(Cl)n2)c2ccccc12. The highest BCUT2D eigenvalue weighted by atomic mass is 35.5. The van der Waals surface area contributed by atoms with Crippen molar-refractivity contribution in [2.24, 2.45) is 5.92 Å². The lowest BCUT2D eigenvalue weighted by atomic mass is 9.90. The Bertz CT molecular complexity index is 1100. The minimum atomic E-state index is -0.560. The van der Waals surface area contributed by atoms with Crippen molar-refractivity contribution in [2.75, 3.05) is 11.9 Å². The van der Waals surface area contributed by atoms with Crippen LogP contribution in [0.2, 0.25) is 5.15 Å². The van der Waals surface area contributed by atoms with Crippen molar-refractivity contribution in [2.45, 2.75) is 39.3 Å². The number of aromatic nitrogens is 3. The molecule has 3 aromatic rings. The second-order valence-electron chi connectivity index (χ2n) is 7.75. The molecule has 0 bridgehead atoms. The second-order valence-corrected chi connectivity index (χ2v) is 8.13. The molecule has 0 aliphatic carbocycles. The second kappa shape index (κ2) is 8.44. The maximum Gasteiger partial charge on any atom is 0.248 e. The molecule has 2 amide bonds. The highest BCUT2D eigenvalue weighted by Gasteiger charge is 2.37. The van der Waals surface area contributed by atoms with E-state index in [2.05, 4.69) is 15.4 Å². The molecule has 2 atom stereocenters. The third-order valence-electron chi connectivity index (χ3n) is 5.62. The van der Waals surface area contributed by atoms with Gasteiger partial charge in [-0.25, -0.2) is 4.98 Å². The Labute approximate surface area is 180 Å². The van der Waals surface area contributed by atoms with Gasteiger partial charge in [0.2, 0.25) is 11.8 Å². The molecule has 2 aromatic heterocycles. The predicted octanol–water partition coefficient (Wildman–Crippen LogP) is 3.66. The first-order valence-electron chi connectivity index (χ1n) is 10.1. The minimum Gasteiger partial charge on any atom is -0.329 e. The number of aryl methyl sites for hydroxylation is 1. The Morgan fingerprint density at radius 3 is 2.80 bits per heavy atom. The van der Waals surface area contributed by atoms with Crippen molar-refractivity contribution < 1.29 is 9.59 Å². The molecule has 0 radical (unpaired) electrons. The van der Waals surface area contributed by atoms with E-state index in [9.17, 15) is 9.59 Å². The van der Waals surface area contributed by atoms with E-state index in [-0.39, 0.29) is 24.3 Å². The van der Waals surface area contributed by atoms with Gasteiger partial charge in [-0.15, -0.1) is 0 Å². The summed E-state index contributed by atoms with van der Waals surface area (Å²) in [6, 6.07) is 12.3. The molecule has 4 rings (SSSR count). The van der Waals surface area contributed by atoms with E-state index in [1.807, 2.05) is 38.1 Å². The number of nitrogens with one attached hydrogen (secondary N) is 1. The predicted molar refractivity (Wildman–Crippen MR) is 116 cm³/mol. The highest BCUT2D eigenvalue weighted by Crippen LogP contribution is 2.26. The fraction of sp³-hybridized carbons (Fsp3) is 0.364.